The van der Waals surface area contributed by atoms with Crippen molar-refractivity contribution in [3.8, 4) is 5.75 Å². The Morgan fingerprint density at radius 2 is 1.97 bits per heavy atom. The summed E-state index contributed by atoms with van der Waals surface area (Å²) in [5.74, 6) is 0.330. The largest absolute Gasteiger partial charge is 0.508 e. The van der Waals surface area contributed by atoms with Crippen molar-refractivity contribution in [3.63, 3.8) is 0 Å². The smallest absolute Gasteiger partial charge is 0.238 e. The van der Waals surface area contributed by atoms with Crippen molar-refractivity contribution in [3.05, 3.63) is 59.2 Å². The van der Waals surface area contributed by atoms with Gasteiger partial charge in [0.15, 0.2) is 0 Å². The SMILES string of the molecule is CN1CCC2(C)c3cc(O)ccc3C[C@@H]1[C@@H]2NCCc1ccc(S(N)(=O)=O)cc1. The van der Waals surface area contributed by atoms with E-state index in [4.69, 9.17) is 5.14 Å². The number of nitrogens with one attached hydrogen (secondary N) is 1. The number of nitrogens with two attached hydrogens (primary N) is 1. The van der Waals surface area contributed by atoms with Gasteiger partial charge in [-0.2, -0.15) is 0 Å². The van der Waals surface area contributed by atoms with Gasteiger partial charge >= 0.3 is 0 Å². The number of benzene rings is 2. The van der Waals surface area contributed by atoms with Crippen molar-refractivity contribution < 1.29 is 13.5 Å². The molecule has 1 unspecified atom stereocenters. The molecule has 29 heavy (non-hydrogen) atoms. The first-order valence-electron chi connectivity index (χ1n) is 10.1. The minimum atomic E-state index is -3.66. The summed E-state index contributed by atoms with van der Waals surface area (Å²) in [7, 11) is -1.46. The van der Waals surface area contributed by atoms with Gasteiger partial charge in [-0.15, -0.1) is 0 Å². The normalized spacial score (nSPS) is 26.9. The highest BCUT2D eigenvalue weighted by atomic mass is 32.2. The second-order valence-electron chi connectivity index (χ2n) is 8.63. The van der Waals surface area contributed by atoms with Gasteiger partial charge in [-0.1, -0.05) is 25.1 Å². The summed E-state index contributed by atoms with van der Waals surface area (Å²) in [4.78, 5) is 2.58. The number of likely N-dealkylation sites (N-methyl/N-ethyl adjacent to an activating group) is 1. The second kappa shape index (κ2) is 7.40. The minimum Gasteiger partial charge on any atom is -0.508 e. The number of aromatic hydroxyl groups is 1. The number of hydrogen-bond acceptors (Lipinski definition) is 5. The molecule has 1 aliphatic carbocycles. The van der Waals surface area contributed by atoms with Crippen molar-refractivity contribution in [2.24, 2.45) is 5.14 Å². The molecule has 0 radical (unpaired) electrons. The first-order chi connectivity index (χ1) is 13.7. The summed E-state index contributed by atoms with van der Waals surface area (Å²) < 4.78 is 22.8. The van der Waals surface area contributed by atoms with Crippen LogP contribution in [0.25, 0.3) is 0 Å². The monoisotopic (exact) mass is 415 g/mol. The zero-order valence-electron chi connectivity index (χ0n) is 16.9. The van der Waals surface area contributed by atoms with E-state index in [-0.39, 0.29) is 10.3 Å². The number of hydrogen-bond donors (Lipinski definition) is 3. The van der Waals surface area contributed by atoms with Gasteiger partial charge < -0.3 is 15.3 Å². The molecule has 0 spiro atoms. The van der Waals surface area contributed by atoms with E-state index >= 15 is 0 Å². The summed E-state index contributed by atoms with van der Waals surface area (Å²) in [6, 6.07) is 13.3. The van der Waals surface area contributed by atoms with Crippen molar-refractivity contribution in [1.82, 2.24) is 10.2 Å². The Bertz CT molecular complexity index is 1010. The summed E-state index contributed by atoms with van der Waals surface area (Å²) in [6.45, 7) is 4.15. The molecular weight excluding hydrogens is 386 g/mol. The molecule has 4 rings (SSSR count). The fraction of sp³-hybridized carbons (Fsp3) is 0.455. The van der Waals surface area contributed by atoms with Gasteiger partial charge in [-0.3, -0.25) is 0 Å². The average Bonchev–Trinajstić information content (AvgIpc) is 2.67. The van der Waals surface area contributed by atoms with Crippen LogP contribution in [0.1, 0.15) is 30.0 Å². The van der Waals surface area contributed by atoms with Gasteiger partial charge in [0.2, 0.25) is 10.0 Å². The van der Waals surface area contributed by atoms with Crippen LogP contribution in [0.2, 0.25) is 0 Å². The predicted molar refractivity (Wildman–Crippen MR) is 114 cm³/mol. The van der Waals surface area contributed by atoms with E-state index in [0.29, 0.717) is 17.8 Å². The topological polar surface area (TPSA) is 95.7 Å². The third-order valence-electron chi connectivity index (χ3n) is 6.79. The van der Waals surface area contributed by atoms with Gasteiger partial charge in [0, 0.05) is 17.5 Å². The zero-order chi connectivity index (χ0) is 20.8. The predicted octanol–water partition coefficient (Wildman–Crippen LogP) is 1.76. The highest BCUT2D eigenvalue weighted by molar-refractivity contribution is 7.89. The molecule has 0 aromatic heterocycles. The Kier molecular flexibility index (Phi) is 5.19. The molecule has 4 N–H and O–H groups in total. The van der Waals surface area contributed by atoms with E-state index < -0.39 is 10.0 Å². The van der Waals surface area contributed by atoms with Crippen molar-refractivity contribution in [1.29, 1.82) is 0 Å². The number of nitrogens with zero attached hydrogens (tertiary/aromatic N) is 1. The quantitative estimate of drug-likeness (QED) is 0.692. The first kappa shape index (κ1) is 20.3. The Balaban J connectivity index is 1.51. The van der Waals surface area contributed by atoms with Gasteiger partial charge in [-0.25, -0.2) is 13.6 Å². The zero-order valence-corrected chi connectivity index (χ0v) is 17.7. The summed E-state index contributed by atoms with van der Waals surface area (Å²) in [5, 5.41) is 19.0. The number of phenolic OH excluding ortho intramolecular Hbond substituents is 1. The summed E-state index contributed by atoms with van der Waals surface area (Å²) in [5.41, 5.74) is 3.64. The molecule has 1 fully saturated rings. The molecule has 3 atom stereocenters. The maximum Gasteiger partial charge on any atom is 0.238 e. The highest BCUT2D eigenvalue weighted by Gasteiger charge is 2.49. The Morgan fingerprint density at radius 1 is 1.24 bits per heavy atom. The average molecular weight is 416 g/mol. The van der Waals surface area contributed by atoms with E-state index in [1.54, 1.807) is 18.2 Å². The molecule has 1 aliphatic heterocycles. The Labute approximate surface area is 172 Å². The van der Waals surface area contributed by atoms with E-state index in [0.717, 1.165) is 37.9 Å². The van der Waals surface area contributed by atoms with E-state index in [9.17, 15) is 13.5 Å². The second-order valence-corrected chi connectivity index (χ2v) is 10.2. The fourth-order valence-electron chi connectivity index (χ4n) is 5.06. The Hall–Kier alpha value is -1.93. The number of primary sulfonamides is 1. The molecule has 2 bridgehead atoms. The molecule has 0 amide bonds. The summed E-state index contributed by atoms with van der Waals surface area (Å²) in [6.07, 6.45) is 2.82. The van der Waals surface area contributed by atoms with E-state index in [1.165, 1.54) is 11.1 Å². The van der Waals surface area contributed by atoms with Crippen LogP contribution in [-0.2, 0) is 28.3 Å². The number of sulfonamides is 1. The lowest BCUT2D eigenvalue weighted by atomic mass is 9.61. The molecular formula is C22H29N3O3S. The number of likely N-dealkylation sites (tertiary alicyclic amines) is 1. The third kappa shape index (κ3) is 3.80. The van der Waals surface area contributed by atoms with E-state index in [1.807, 2.05) is 18.2 Å². The van der Waals surface area contributed by atoms with Gasteiger partial charge in [0.1, 0.15) is 5.75 Å². The molecule has 6 nitrogen and oxygen atoms in total. The molecule has 1 heterocycles. The number of phenols is 1. The van der Waals surface area contributed by atoms with Crippen molar-refractivity contribution in [2.45, 2.75) is 48.6 Å². The summed E-state index contributed by atoms with van der Waals surface area (Å²) >= 11 is 0. The van der Waals surface area contributed by atoms with Crippen LogP contribution in [0.5, 0.6) is 5.75 Å². The van der Waals surface area contributed by atoms with Crippen LogP contribution in [0.3, 0.4) is 0 Å². The lowest BCUT2D eigenvalue weighted by molar-refractivity contribution is 0.0663. The minimum absolute atomic E-state index is 0.0268. The molecule has 156 valence electrons. The van der Waals surface area contributed by atoms with Crippen LogP contribution in [0, 0.1) is 0 Å². The highest BCUT2D eigenvalue weighted by Crippen LogP contribution is 2.45. The van der Waals surface area contributed by atoms with Crippen LogP contribution in [-0.4, -0.2) is 50.6 Å². The Morgan fingerprint density at radius 3 is 2.66 bits per heavy atom. The number of rotatable bonds is 5. The van der Waals surface area contributed by atoms with Gasteiger partial charge in [0.25, 0.3) is 0 Å². The van der Waals surface area contributed by atoms with Crippen LogP contribution in [0.4, 0.5) is 0 Å². The van der Waals surface area contributed by atoms with Gasteiger partial charge in [0.05, 0.1) is 4.90 Å². The molecule has 1 saturated heterocycles. The standard InChI is InChI=1S/C22H29N3O3S/c1-22-10-12-25(2)20(13-16-5-6-17(26)14-19(16)22)21(22)24-11-9-15-3-7-18(8-4-15)29(23,27)28/h3-8,14,20-21,24,26H,9-13H2,1-2H3,(H2,23,27,28)/t20-,21+,22?/m1/s1. The maximum absolute atomic E-state index is 11.4. The molecule has 2 aliphatic rings. The lowest BCUT2D eigenvalue weighted by Crippen LogP contribution is -2.66. The van der Waals surface area contributed by atoms with Crippen LogP contribution < -0.4 is 10.5 Å². The molecule has 7 heteroatoms. The number of fused-ring (bicyclic) bond motifs is 4. The maximum atomic E-state index is 11.4. The fourth-order valence-corrected chi connectivity index (χ4v) is 5.58. The molecule has 0 saturated carbocycles. The number of piperidine rings is 1. The molecule has 2 aromatic carbocycles. The van der Waals surface area contributed by atoms with Crippen LogP contribution in [0.15, 0.2) is 47.4 Å². The van der Waals surface area contributed by atoms with Crippen molar-refractivity contribution >= 4 is 10.0 Å². The molecule has 2 aromatic rings. The third-order valence-corrected chi connectivity index (χ3v) is 7.72. The van der Waals surface area contributed by atoms with Crippen molar-refractivity contribution in [2.75, 3.05) is 20.1 Å². The first-order valence-corrected chi connectivity index (χ1v) is 11.6. The van der Waals surface area contributed by atoms with Gasteiger partial charge in [-0.05, 0) is 80.4 Å². The lowest BCUT2D eigenvalue weighted by Gasteiger charge is -2.55. The van der Waals surface area contributed by atoms with E-state index in [2.05, 4.69) is 30.3 Å². The van der Waals surface area contributed by atoms with Crippen LogP contribution >= 0.6 is 0 Å².